The molecule has 1 atom stereocenters. The highest BCUT2D eigenvalue weighted by molar-refractivity contribution is 6.30. The van der Waals surface area contributed by atoms with Crippen molar-refractivity contribution in [3.05, 3.63) is 33.3 Å². The van der Waals surface area contributed by atoms with Crippen molar-refractivity contribution in [1.29, 1.82) is 0 Å². The fourth-order valence-corrected chi connectivity index (χ4v) is 2.78. The smallest absolute Gasteiger partial charge is 0.293 e. The Bertz CT molecular complexity index is 481. The number of hydrogen-bond donors (Lipinski definition) is 1. The second-order valence-electron chi connectivity index (χ2n) is 5.13. The monoisotopic (exact) mass is 297 g/mol. The van der Waals surface area contributed by atoms with Gasteiger partial charge < -0.3 is 10.2 Å². The maximum Gasteiger partial charge on any atom is 0.293 e. The van der Waals surface area contributed by atoms with Crippen LogP contribution in [0.3, 0.4) is 0 Å². The third-order valence-corrected chi connectivity index (χ3v) is 4.02. The molecule has 1 unspecified atom stereocenters. The maximum absolute atomic E-state index is 11.1. The first kappa shape index (κ1) is 15.1. The van der Waals surface area contributed by atoms with E-state index in [1.54, 1.807) is 12.1 Å². The predicted octanol–water partition coefficient (Wildman–Crippen LogP) is 3.53. The van der Waals surface area contributed by atoms with Gasteiger partial charge in [0.2, 0.25) is 0 Å². The zero-order chi connectivity index (χ0) is 14.5. The number of nitro benzene ring substituents is 1. The minimum atomic E-state index is -0.386. The lowest BCUT2D eigenvalue weighted by atomic mass is 10.1. The van der Waals surface area contributed by atoms with Gasteiger partial charge in [-0.3, -0.25) is 10.1 Å². The van der Waals surface area contributed by atoms with Gasteiger partial charge >= 0.3 is 0 Å². The Labute approximate surface area is 124 Å². The Kier molecular flexibility index (Phi) is 5.20. The first-order valence-electron chi connectivity index (χ1n) is 7.03. The maximum atomic E-state index is 11.1. The van der Waals surface area contributed by atoms with E-state index >= 15 is 0 Å². The summed E-state index contributed by atoms with van der Waals surface area (Å²) in [6.45, 7) is 5.37. The summed E-state index contributed by atoms with van der Waals surface area (Å²) in [6.07, 6.45) is 3.16. The van der Waals surface area contributed by atoms with Crippen molar-refractivity contribution in [3.63, 3.8) is 0 Å². The Morgan fingerprint density at radius 1 is 1.45 bits per heavy atom. The summed E-state index contributed by atoms with van der Waals surface area (Å²) in [4.78, 5) is 13.1. The van der Waals surface area contributed by atoms with Crippen LogP contribution >= 0.6 is 11.6 Å². The van der Waals surface area contributed by atoms with Crippen LogP contribution in [0, 0.1) is 10.1 Å². The van der Waals surface area contributed by atoms with Gasteiger partial charge in [-0.2, -0.15) is 0 Å². The lowest BCUT2D eigenvalue weighted by molar-refractivity contribution is -0.384. The number of benzene rings is 1. The molecule has 5 nitrogen and oxygen atoms in total. The lowest BCUT2D eigenvalue weighted by Crippen LogP contribution is -2.26. The molecule has 0 spiro atoms. The third kappa shape index (κ3) is 3.84. The van der Waals surface area contributed by atoms with E-state index < -0.39 is 0 Å². The second-order valence-corrected chi connectivity index (χ2v) is 5.56. The molecule has 0 radical (unpaired) electrons. The minimum absolute atomic E-state index is 0.0501. The highest BCUT2D eigenvalue weighted by Gasteiger charge is 2.20. The summed E-state index contributed by atoms with van der Waals surface area (Å²) in [7, 11) is 0. The molecule has 20 heavy (non-hydrogen) atoms. The largest absolute Gasteiger partial charge is 0.377 e. The zero-order valence-corrected chi connectivity index (χ0v) is 12.4. The standard InChI is InChI=1S/C14H20ClN3O2/c1-2-17-8-3-4-12(7-9-17)16-13-6-5-11(15)10-14(13)18(19)20/h5-6,10,12,16H,2-4,7-9H2,1H3. The zero-order valence-electron chi connectivity index (χ0n) is 11.6. The number of nitrogens with one attached hydrogen (secondary N) is 1. The summed E-state index contributed by atoms with van der Waals surface area (Å²) < 4.78 is 0. The van der Waals surface area contributed by atoms with Gasteiger partial charge in [-0.1, -0.05) is 18.5 Å². The molecule has 2 rings (SSSR count). The van der Waals surface area contributed by atoms with E-state index in [1.807, 2.05) is 0 Å². The molecule has 0 aromatic heterocycles. The van der Waals surface area contributed by atoms with E-state index in [2.05, 4.69) is 17.1 Å². The van der Waals surface area contributed by atoms with Crippen molar-refractivity contribution in [2.24, 2.45) is 0 Å². The van der Waals surface area contributed by atoms with Gasteiger partial charge in [0.05, 0.1) is 4.92 Å². The molecule has 1 saturated heterocycles. The molecule has 1 aliphatic heterocycles. The van der Waals surface area contributed by atoms with Crippen molar-refractivity contribution in [2.75, 3.05) is 25.0 Å². The summed E-state index contributed by atoms with van der Waals surface area (Å²) >= 11 is 5.83. The molecule has 1 N–H and O–H groups in total. The quantitative estimate of drug-likeness (QED) is 0.682. The molecule has 6 heteroatoms. The Morgan fingerprint density at radius 2 is 2.25 bits per heavy atom. The van der Waals surface area contributed by atoms with Crippen molar-refractivity contribution < 1.29 is 4.92 Å². The molecule has 1 aromatic carbocycles. The average molecular weight is 298 g/mol. The molecule has 1 aromatic rings. The predicted molar refractivity (Wildman–Crippen MR) is 81.5 cm³/mol. The summed E-state index contributed by atoms with van der Waals surface area (Å²) in [5, 5.41) is 14.8. The number of anilines is 1. The Hall–Kier alpha value is -1.33. The van der Waals surface area contributed by atoms with Crippen LogP contribution in [0.4, 0.5) is 11.4 Å². The van der Waals surface area contributed by atoms with Crippen LogP contribution in [-0.2, 0) is 0 Å². The normalized spacial score (nSPS) is 20.4. The number of halogens is 1. The third-order valence-electron chi connectivity index (χ3n) is 3.78. The van der Waals surface area contributed by atoms with Gasteiger partial charge in [0.15, 0.2) is 0 Å². The van der Waals surface area contributed by atoms with E-state index in [0.29, 0.717) is 10.7 Å². The van der Waals surface area contributed by atoms with Crippen LogP contribution in [0.25, 0.3) is 0 Å². The van der Waals surface area contributed by atoms with Crippen molar-refractivity contribution in [2.45, 2.75) is 32.2 Å². The molecule has 1 fully saturated rings. The molecule has 0 aliphatic carbocycles. The first-order valence-corrected chi connectivity index (χ1v) is 7.40. The van der Waals surface area contributed by atoms with Gasteiger partial charge in [0, 0.05) is 23.7 Å². The number of hydrogen-bond acceptors (Lipinski definition) is 4. The number of likely N-dealkylation sites (tertiary alicyclic amines) is 1. The van der Waals surface area contributed by atoms with Crippen LogP contribution in [0.1, 0.15) is 26.2 Å². The molecular formula is C14H20ClN3O2. The number of rotatable bonds is 4. The number of nitrogens with zero attached hydrogens (tertiary/aromatic N) is 2. The highest BCUT2D eigenvalue weighted by Crippen LogP contribution is 2.29. The molecule has 1 aliphatic rings. The topological polar surface area (TPSA) is 58.4 Å². The first-order chi connectivity index (χ1) is 9.60. The average Bonchev–Trinajstić information content (AvgIpc) is 2.65. The van der Waals surface area contributed by atoms with Gasteiger partial charge in [-0.15, -0.1) is 0 Å². The van der Waals surface area contributed by atoms with E-state index in [-0.39, 0.29) is 16.7 Å². The van der Waals surface area contributed by atoms with Gasteiger partial charge in [0.25, 0.3) is 5.69 Å². The van der Waals surface area contributed by atoms with Gasteiger partial charge in [0.1, 0.15) is 5.69 Å². The van der Waals surface area contributed by atoms with Crippen LogP contribution in [0.15, 0.2) is 18.2 Å². The fourth-order valence-electron chi connectivity index (χ4n) is 2.61. The van der Waals surface area contributed by atoms with Crippen molar-refractivity contribution in [1.82, 2.24) is 4.90 Å². The molecule has 1 heterocycles. The van der Waals surface area contributed by atoms with Crippen LogP contribution in [-0.4, -0.2) is 35.5 Å². The van der Waals surface area contributed by atoms with Crippen LogP contribution < -0.4 is 5.32 Å². The van der Waals surface area contributed by atoms with E-state index in [0.717, 1.165) is 38.9 Å². The number of nitro groups is 1. The molecule has 0 bridgehead atoms. The van der Waals surface area contributed by atoms with Gasteiger partial charge in [-0.05, 0) is 44.5 Å². The van der Waals surface area contributed by atoms with E-state index in [4.69, 9.17) is 11.6 Å². The molecule has 110 valence electrons. The Morgan fingerprint density at radius 3 is 2.95 bits per heavy atom. The van der Waals surface area contributed by atoms with Crippen LogP contribution in [0.2, 0.25) is 5.02 Å². The van der Waals surface area contributed by atoms with E-state index in [9.17, 15) is 10.1 Å². The summed E-state index contributed by atoms with van der Waals surface area (Å²) in [6, 6.07) is 5.07. The lowest BCUT2D eigenvalue weighted by Gasteiger charge is -2.19. The van der Waals surface area contributed by atoms with Crippen molar-refractivity contribution in [3.8, 4) is 0 Å². The van der Waals surface area contributed by atoms with Crippen LogP contribution in [0.5, 0.6) is 0 Å². The molecule has 0 amide bonds. The Balaban J connectivity index is 2.08. The highest BCUT2D eigenvalue weighted by atomic mass is 35.5. The SMILES string of the molecule is CCN1CCCC(Nc2ccc(Cl)cc2[N+](=O)[O-])CC1. The van der Waals surface area contributed by atoms with E-state index in [1.165, 1.54) is 6.07 Å². The minimum Gasteiger partial charge on any atom is -0.377 e. The molecular weight excluding hydrogens is 278 g/mol. The van der Waals surface area contributed by atoms with Gasteiger partial charge in [-0.25, -0.2) is 0 Å². The fraction of sp³-hybridized carbons (Fsp3) is 0.571. The molecule has 0 saturated carbocycles. The summed E-state index contributed by atoms with van der Waals surface area (Å²) in [5.74, 6) is 0. The van der Waals surface area contributed by atoms with Crippen molar-refractivity contribution >= 4 is 23.0 Å². The summed E-state index contributed by atoms with van der Waals surface area (Å²) in [5.41, 5.74) is 0.614. The second kappa shape index (κ2) is 6.90.